The van der Waals surface area contributed by atoms with Crippen molar-refractivity contribution in [1.82, 2.24) is 4.57 Å². The normalized spacial score (nSPS) is 11.0. The number of benzene rings is 2. The van der Waals surface area contributed by atoms with E-state index in [-0.39, 0.29) is 0 Å². The van der Waals surface area contributed by atoms with Gasteiger partial charge < -0.3 is 10.3 Å². The first-order valence-electron chi connectivity index (χ1n) is 8.55. The minimum Gasteiger partial charge on any atom is -0.366 e. The summed E-state index contributed by atoms with van der Waals surface area (Å²) in [7, 11) is 0. The maximum absolute atomic E-state index is 13.6. The topological polar surface area (TPSA) is 48.0 Å². The van der Waals surface area contributed by atoms with Crippen LogP contribution in [-0.2, 0) is 13.0 Å². The summed E-state index contributed by atoms with van der Waals surface area (Å²) in [5, 5.41) is 0.593. The fourth-order valence-electron chi connectivity index (χ4n) is 3.43. The molecule has 27 heavy (non-hydrogen) atoms. The highest BCUT2D eigenvalue weighted by molar-refractivity contribution is 6.30. The summed E-state index contributed by atoms with van der Waals surface area (Å²) in [6.45, 7) is 4.08. The fraction of sp³-hybridized carbons (Fsp3) is 0.190. The molecule has 0 aliphatic carbocycles. The van der Waals surface area contributed by atoms with Crippen LogP contribution in [0, 0.1) is 18.6 Å². The summed E-state index contributed by atoms with van der Waals surface area (Å²) in [5.74, 6) is -2.32. The zero-order valence-corrected chi connectivity index (χ0v) is 15.8. The lowest BCUT2D eigenvalue weighted by molar-refractivity contribution is 0.1000. The van der Waals surface area contributed by atoms with Crippen molar-refractivity contribution in [3.63, 3.8) is 0 Å². The minimum absolute atomic E-state index is 0.306. The summed E-state index contributed by atoms with van der Waals surface area (Å²) in [6.07, 6.45) is 0.635. The number of rotatable bonds is 5. The number of hydrogen-bond acceptors (Lipinski definition) is 1. The van der Waals surface area contributed by atoms with Crippen molar-refractivity contribution in [2.75, 3.05) is 0 Å². The molecule has 0 unspecified atom stereocenters. The van der Waals surface area contributed by atoms with Crippen molar-refractivity contribution in [2.45, 2.75) is 26.8 Å². The zero-order valence-electron chi connectivity index (χ0n) is 15.0. The first-order valence-corrected chi connectivity index (χ1v) is 8.92. The van der Waals surface area contributed by atoms with Crippen LogP contribution in [0.4, 0.5) is 8.78 Å². The summed E-state index contributed by atoms with van der Waals surface area (Å²) in [6, 6.07) is 11.0. The standard InChI is InChI=1S/C21H19ClF2N2O/c1-3-18-20(14-5-7-15(22)8-6-14)19(21(25)27)12(2)26(18)11-13-4-9-16(23)17(24)10-13/h4-10H,3,11H2,1-2H3,(H2,25,27). The highest BCUT2D eigenvalue weighted by atomic mass is 35.5. The maximum atomic E-state index is 13.6. The molecule has 0 aliphatic heterocycles. The zero-order chi connectivity index (χ0) is 19.7. The molecule has 6 heteroatoms. The number of halogens is 3. The Morgan fingerprint density at radius 3 is 2.33 bits per heavy atom. The van der Waals surface area contributed by atoms with Crippen LogP contribution >= 0.6 is 11.6 Å². The Morgan fingerprint density at radius 1 is 1.11 bits per heavy atom. The van der Waals surface area contributed by atoms with E-state index in [4.69, 9.17) is 17.3 Å². The number of nitrogens with two attached hydrogens (primary N) is 1. The number of nitrogens with zero attached hydrogens (tertiary/aromatic N) is 1. The van der Waals surface area contributed by atoms with Crippen LogP contribution in [0.15, 0.2) is 42.5 Å². The van der Waals surface area contributed by atoms with E-state index < -0.39 is 17.5 Å². The van der Waals surface area contributed by atoms with Gasteiger partial charge in [-0.25, -0.2) is 8.78 Å². The Morgan fingerprint density at radius 2 is 1.78 bits per heavy atom. The highest BCUT2D eigenvalue weighted by Gasteiger charge is 2.24. The lowest BCUT2D eigenvalue weighted by Crippen LogP contribution is -2.13. The molecule has 1 heterocycles. The molecule has 0 spiro atoms. The van der Waals surface area contributed by atoms with E-state index in [1.54, 1.807) is 19.1 Å². The molecule has 140 valence electrons. The van der Waals surface area contributed by atoms with Crippen molar-refractivity contribution >= 4 is 17.5 Å². The van der Waals surface area contributed by atoms with Gasteiger partial charge in [-0.2, -0.15) is 0 Å². The van der Waals surface area contributed by atoms with Gasteiger partial charge in [0.25, 0.3) is 5.91 Å². The molecule has 2 N–H and O–H groups in total. The molecule has 3 nitrogen and oxygen atoms in total. The summed E-state index contributed by atoms with van der Waals surface area (Å²) < 4.78 is 28.8. The van der Waals surface area contributed by atoms with Crippen LogP contribution in [-0.4, -0.2) is 10.5 Å². The molecular formula is C21H19ClF2N2O. The number of aromatic nitrogens is 1. The minimum atomic E-state index is -0.900. The second-order valence-electron chi connectivity index (χ2n) is 6.34. The molecule has 0 atom stereocenters. The van der Waals surface area contributed by atoms with E-state index >= 15 is 0 Å². The Hall–Kier alpha value is -2.66. The van der Waals surface area contributed by atoms with E-state index in [0.29, 0.717) is 34.8 Å². The van der Waals surface area contributed by atoms with Gasteiger partial charge in [0.15, 0.2) is 11.6 Å². The van der Waals surface area contributed by atoms with Gasteiger partial charge in [-0.15, -0.1) is 0 Å². The third-order valence-electron chi connectivity index (χ3n) is 4.67. The van der Waals surface area contributed by atoms with Gasteiger partial charge in [-0.1, -0.05) is 36.7 Å². The Balaban J connectivity index is 2.19. The maximum Gasteiger partial charge on any atom is 0.251 e. The van der Waals surface area contributed by atoms with Crippen molar-refractivity contribution < 1.29 is 13.6 Å². The Bertz CT molecular complexity index is 1010. The smallest absolute Gasteiger partial charge is 0.251 e. The summed E-state index contributed by atoms with van der Waals surface area (Å²) in [4.78, 5) is 12.2. The fourth-order valence-corrected chi connectivity index (χ4v) is 3.55. The van der Waals surface area contributed by atoms with Crippen LogP contribution < -0.4 is 5.73 Å². The van der Waals surface area contributed by atoms with Gasteiger partial charge in [0.2, 0.25) is 0 Å². The highest BCUT2D eigenvalue weighted by Crippen LogP contribution is 2.34. The second kappa shape index (κ2) is 7.53. The first kappa shape index (κ1) is 19.1. The van der Waals surface area contributed by atoms with Crippen LogP contribution in [0.25, 0.3) is 11.1 Å². The van der Waals surface area contributed by atoms with Crippen molar-refractivity contribution in [3.8, 4) is 11.1 Å². The molecule has 0 radical (unpaired) electrons. The SMILES string of the molecule is CCc1c(-c2ccc(Cl)cc2)c(C(N)=O)c(C)n1Cc1ccc(F)c(F)c1. The average molecular weight is 389 g/mol. The molecule has 0 fully saturated rings. The van der Waals surface area contributed by atoms with Crippen LogP contribution in [0.2, 0.25) is 5.02 Å². The summed E-state index contributed by atoms with van der Waals surface area (Å²) >= 11 is 5.98. The number of amides is 1. The quantitative estimate of drug-likeness (QED) is 0.649. The predicted molar refractivity (Wildman–Crippen MR) is 103 cm³/mol. The third-order valence-corrected chi connectivity index (χ3v) is 4.92. The molecule has 0 aliphatic rings. The first-order chi connectivity index (χ1) is 12.8. The Labute approximate surface area is 161 Å². The van der Waals surface area contributed by atoms with E-state index in [1.807, 2.05) is 23.6 Å². The van der Waals surface area contributed by atoms with Gasteiger partial charge in [0, 0.05) is 28.5 Å². The predicted octanol–water partition coefficient (Wildman–Crippen LogP) is 5.10. The van der Waals surface area contributed by atoms with Gasteiger partial charge in [0.1, 0.15) is 0 Å². The van der Waals surface area contributed by atoms with Gasteiger partial charge in [-0.05, 0) is 48.7 Å². The second-order valence-corrected chi connectivity index (χ2v) is 6.78. The van der Waals surface area contributed by atoms with Gasteiger partial charge >= 0.3 is 0 Å². The number of hydrogen-bond donors (Lipinski definition) is 1. The molecule has 3 aromatic rings. The lowest BCUT2D eigenvalue weighted by atomic mass is 9.99. The van der Waals surface area contributed by atoms with Gasteiger partial charge in [0.05, 0.1) is 5.56 Å². The molecule has 0 bridgehead atoms. The molecule has 3 rings (SSSR count). The molecule has 2 aromatic carbocycles. The Kier molecular flexibility index (Phi) is 5.33. The van der Waals surface area contributed by atoms with Crippen molar-refractivity contribution in [1.29, 1.82) is 0 Å². The lowest BCUT2D eigenvalue weighted by Gasteiger charge is -2.12. The number of primary amides is 1. The van der Waals surface area contributed by atoms with E-state index in [0.717, 1.165) is 22.9 Å². The van der Waals surface area contributed by atoms with Crippen LogP contribution in [0.5, 0.6) is 0 Å². The van der Waals surface area contributed by atoms with Gasteiger partial charge in [-0.3, -0.25) is 4.79 Å². The summed E-state index contributed by atoms with van der Waals surface area (Å²) in [5.41, 5.74) is 9.86. The third kappa shape index (κ3) is 3.60. The number of carbonyl (C=O) groups excluding carboxylic acids is 1. The average Bonchev–Trinajstić information content (AvgIpc) is 2.91. The monoisotopic (exact) mass is 388 g/mol. The van der Waals surface area contributed by atoms with E-state index in [1.165, 1.54) is 12.1 Å². The number of carbonyl (C=O) groups is 1. The molecule has 1 aromatic heterocycles. The van der Waals surface area contributed by atoms with Crippen LogP contribution in [0.3, 0.4) is 0 Å². The van der Waals surface area contributed by atoms with Crippen molar-refractivity contribution in [2.24, 2.45) is 5.73 Å². The molecular weight excluding hydrogens is 370 g/mol. The van der Waals surface area contributed by atoms with Crippen LogP contribution in [0.1, 0.15) is 34.2 Å². The largest absolute Gasteiger partial charge is 0.366 e. The molecule has 0 saturated carbocycles. The van der Waals surface area contributed by atoms with Crippen molar-refractivity contribution in [3.05, 3.63) is 81.6 Å². The molecule has 0 saturated heterocycles. The van der Waals surface area contributed by atoms with E-state index in [9.17, 15) is 13.6 Å². The molecule has 1 amide bonds. The van der Waals surface area contributed by atoms with E-state index in [2.05, 4.69) is 0 Å².